The van der Waals surface area contributed by atoms with Crippen LogP contribution >= 0.6 is 0 Å². The molecule has 1 rings (SSSR count). The van der Waals surface area contributed by atoms with Crippen molar-refractivity contribution in [3.63, 3.8) is 0 Å². The molecule has 64 valence electrons. The topological polar surface area (TPSA) is 60.9 Å². The van der Waals surface area contributed by atoms with Crippen LogP contribution in [0.1, 0.15) is 12.5 Å². The Kier molecular flexibility index (Phi) is 2.63. The first-order valence-electron chi connectivity index (χ1n) is 3.72. The van der Waals surface area contributed by atoms with Gasteiger partial charge in [-0.05, 0) is 13.0 Å². The Bertz CT molecular complexity index is 301. The third kappa shape index (κ3) is 2.23. The minimum Gasteiger partial charge on any atom is -0.366 e. The van der Waals surface area contributed by atoms with Gasteiger partial charge in [0, 0.05) is 24.4 Å². The molecule has 0 radical (unpaired) electrons. The Morgan fingerprint density at radius 3 is 3.08 bits per heavy atom. The number of carbonyl (C=O) groups is 1. The summed E-state index contributed by atoms with van der Waals surface area (Å²) in [6.07, 6.45) is 6.49. The average Bonchev–Trinajstić information content (AvgIpc) is 2.48. The minimum absolute atomic E-state index is 0.445. The lowest BCUT2D eigenvalue weighted by atomic mass is 10.3. The van der Waals surface area contributed by atoms with E-state index in [4.69, 9.17) is 5.73 Å². The van der Waals surface area contributed by atoms with Gasteiger partial charge in [-0.1, -0.05) is 0 Å². The van der Waals surface area contributed by atoms with Crippen LogP contribution in [0, 0.1) is 0 Å². The Balaban J connectivity index is 2.70. The first-order valence-corrected chi connectivity index (χ1v) is 3.72. The van der Waals surface area contributed by atoms with E-state index in [0.717, 1.165) is 12.1 Å². The Morgan fingerprint density at radius 2 is 2.58 bits per heavy atom. The van der Waals surface area contributed by atoms with Gasteiger partial charge in [-0.25, -0.2) is 0 Å². The van der Waals surface area contributed by atoms with Gasteiger partial charge in [-0.2, -0.15) is 5.10 Å². The number of nitrogens with zero attached hydrogens (tertiary/aromatic N) is 2. The number of aryl methyl sites for hydroxylation is 1. The maximum atomic E-state index is 10.4. The van der Waals surface area contributed by atoms with E-state index in [9.17, 15) is 4.79 Å². The molecular weight excluding hydrogens is 154 g/mol. The Hall–Kier alpha value is -1.58. The molecule has 0 saturated heterocycles. The van der Waals surface area contributed by atoms with Gasteiger partial charge in [-0.15, -0.1) is 0 Å². The van der Waals surface area contributed by atoms with Crippen LogP contribution in [-0.2, 0) is 11.3 Å². The summed E-state index contributed by atoms with van der Waals surface area (Å²) >= 11 is 0. The van der Waals surface area contributed by atoms with E-state index in [1.807, 2.05) is 13.1 Å². The number of hydrogen-bond acceptors (Lipinski definition) is 2. The van der Waals surface area contributed by atoms with Crippen LogP contribution in [0.5, 0.6) is 0 Å². The Morgan fingerprint density at radius 1 is 1.83 bits per heavy atom. The van der Waals surface area contributed by atoms with Gasteiger partial charge in [0.1, 0.15) is 0 Å². The molecule has 0 aromatic carbocycles. The molecule has 0 fully saturated rings. The number of carbonyl (C=O) groups excluding carboxylic acids is 1. The molecule has 0 aliphatic rings. The summed E-state index contributed by atoms with van der Waals surface area (Å²) in [6.45, 7) is 2.82. The maximum absolute atomic E-state index is 10.4. The fourth-order valence-electron chi connectivity index (χ4n) is 0.817. The smallest absolute Gasteiger partial charge is 0.241 e. The molecule has 0 aliphatic carbocycles. The van der Waals surface area contributed by atoms with Crippen LogP contribution in [0.4, 0.5) is 0 Å². The highest BCUT2D eigenvalue weighted by atomic mass is 16.1. The minimum atomic E-state index is -0.445. The highest BCUT2D eigenvalue weighted by Gasteiger charge is 1.92. The molecule has 1 aromatic rings. The quantitative estimate of drug-likeness (QED) is 0.659. The summed E-state index contributed by atoms with van der Waals surface area (Å²) in [5.74, 6) is -0.445. The van der Waals surface area contributed by atoms with E-state index in [1.165, 1.54) is 6.08 Å². The van der Waals surface area contributed by atoms with E-state index in [-0.39, 0.29) is 0 Å². The molecule has 0 bridgehead atoms. The lowest BCUT2D eigenvalue weighted by molar-refractivity contribution is -0.113. The van der Waals surface area contributed by atoms with Crippen molar-refractivity contribution in [1.29, 1.82) is 0 Å². The molecule has 0 saturated carbocycles. The van der Waals surface area contributed by atoms with Crippen molar-refractivity contribution in [2.45, 2.75) is 13.5 Å². The fraction of sp³-hybridized carbons (Fsp3) is 0.250. The van der Waals surface area contributed by atoms with Crippen molar-refractivity contribution >= 4 is 12.0 Å². The van der Waals surface area contributed by atoms with Gasteiger partial charge in [0.15, 0.2) is 0 Å². The summed E-state index contributed by atoms with van der Waals surface area (Å²) in [5, 5.41) is 4.03. The van der Waals surface area contributed by atoms with Crippen molar-refractivity contribution in [2.24, 2.45) is 5.73 Å². The highest BCUT2D eigenvalue weighted by Crippen LogP contribution is 1.99. The Labute approximate surface area is 70.7 Å². The molecule has 4 nitrogen and oxygen atoms in total. The molecule has 2 N–H and O–H groups in total. The van der Waals surface area contributed by atoms with Crippen molar-refractivity contribution in [1.82, 2.24) is 9.78 Å². The van der Waals surface area contributed by atoms with Gasteiger partial charge >= 0.3 is 0 Å². The molecule has 1 aromatic heterocycles. The number of nitrogens with two attached hydrogens (primary N) is 1. The molecule has 1 heterocycles. The van der Waals surface area contributed by atoms with E-state index < -0.39 is 5.91 Å². The normalized spacial score (nSPS) is 10.8. The second-order valence-corrected chi connectivity index (χ2v) is 2.37. The molecule has 0 atom stereocenters. The van der Waals surface area contributed by atoms with E-state index in [2.05, 4.69) is 5.10 Å². The lowest BCUT2D eigenvalue weighted by Crippen LogP contribution is -2.04. The molecule has 12 heavy (non-hydrogen) atoms. The second-order valence-electron chi connectivity index (χ2n) is 2.37. The van der Waals surface area contributed by atoms with Crippen molar-refractivity contribution in [2.75, 3.05) is 0 Å². The van der Waals surface area contributed by atoms with Crippen LogP contribution in [0.2, 0.25) is 0 Å². The van der Waals surface area contributed by atoms with Crippen LogP contribution in [0.3, 0.4) is 0 Å². The van der Waals surface area contributed by atoms with Gasteiger partial charge in [-0.3, -0.25) is 9.48 Å². The zero-order valence-electron chi connectivity index (χ0n) is 6.90. The van der Waals surface area contributed by atoms with Crippen molar-refractivity contribution < 1.29 is 4.79 Å². The number of aromatic nitrogens is 2. The van der Waals surface area contributed by atoms with Crippen molar-refractivity contribution in [3.8, 4) is 0 Å². The van der Waals surface area contributed by atoms with Gasteiger partial charge < -0.3 is 5.73 Å². The molecule has 1 amide bonds. The number of amides is 1. The predicted molar refractivity (Wildman–Crippen MR) is 46.1 cm³/mol. The maximum Gasteiger partial charge on any atom is 0.241 e. The van der Waals surface area contributed by atoms with Crippen LogP contribution in [0.15, 0.2) is 18.5 Å². The summed E-state index contributed by atoms with van der Waals surface area (Å²) in [7, 11) is 0. The van der Waals surface area contributed by atoms with Crippen molar-refractivity contribution in [3.05, 3.63) is 24.0 Å². The van der Waals surface area contributed by atoms with Crippen LogP contribution in [-0.4, -0.2) is 15.7 Å². The third-order valence-corrected chi connectivity index (χ3v) is 1.42. The average molecular weight is 165 g/mol. The molecule has 0 unspecified atom stereocenters. The number of hydrogen-bond donors (Lipinski definition) is 1. The van der Waals surface area contributed by atoms with E-state index in [1.54, 1.807) is 17.0 Å². The summed E-state index contributed by atoms with van der Waals surface area (Å²) in [5.41, 5.74) is 5.81. The summed E-state index contributed by atoms with van der Waals surface area (Å²) in [4.78, 5) is 10.4. The predicted octanol–water partition coefficient (Wildman–Crippen LogP) is 0.402. The van der Waals surface area contributed by atoms with Crippen LogP contribution in [0.25, 0.3) is 6.08 Å². The standard InChI is InChI=1S/C8H11N3O/c1-2-11-6-7(5-10-11)3-4-8(9)12/h3-6H,2H2,1H3,(H2,9,12)/b4-3-. The number of rotatable bonds is 3. The first kappa shape index (κ1) is 8.52. The zero-order valence-corrected chi connectivity index (χ0v) is 6.90. The molecular formula is C8H11N3O. The SMILES string of the molecule is CCn1cc(/C=C\C(N)=O)cn1. The fourth-order valence-corrected chi connectivity index (χ4v) is 0.817. The van der Waals surface area contributed by atoms with E-state index >= 15 is 0 Å². The van der Waals surface area contributed by atoms with Crippen LogP contribution < -0.4 is 5.73 Å². The van der Waals surface area contributed by atoms with E-state index in [0.29, 0.717) is 0 Å². The first-order chi connectivity index (χ1) is 5.72. The zero-order chi connectivity index (χ0) is 8.97. The van der Waals surface area contributed by atoms with Gasteiger partial charge in [0.05, 0.1) is 6.20 Å². The largest absolute Gasteiger partial charge is 0.366 e. The number of primary amides is 1. The molecule has 0 aliphatic heterocycles. The second kappa shape index (κ2) is 3.71. The molecule has 0 spiro atoms. The molecule has 4 heteroatoms. The summed E-state index contributed by atoms with van der Waals surface area (Å²) in [6, 6.07) is 0. The lowest BCUT2D eigenvalue weighted by Gasteiger charge is -1.89. The van der Waals surface area contributed by atoms with Gasteiger partial charge in [0.2, 0.25) is 5.91 Å². The third-order valence-electron chi connectivity index (χ3n) is 1.42. The monoisotopic (exact) mass is 165 g/mol. The van der Waals surface area contributed by atoms with Gasteiger partial charge in [0.25, 0.3) is 0 Å². The summed E-state index contributed by atoms with van der Waals surface area (Å²) < 4.78 is 1.78. The highest BCUT2D eigenvalue weighted by molar-refractivity contribution is 5.90.